The molecule has 0 aromatic heterocycles. The highest BCUT2D eigenvalue weighted by Crippen LogP contribution is 2.39. The molecule has 0 radical (unpaired) electrons. The number of nitrogens with zero attached hydrogens (tertiary/aromatic N) is 1. The van der Waals surface area contributed by atoms with Gasteiger partial charge >= 0.3 is 0 Å². The lowest BCUT2D eigenvalue weighted by atomic mass is 10.1. The van der Waals surface area contributed by atoms with E-state index in [1.165, 1.54) is 4.90 Å². The van der Waals surface area contributed by atoms with Gasteiger partial charge in [0.15, 0.2) is 23.0 Å². The lowest BCUT2D eigenvalue weighted by Gasteiger charge is -2.15. The Hall–Kier alpha value is -3.43. The first kappa shape index (κ1) is 26.6. The maximum Gasteiger partial charge on any atom is 0.293 e. The second-order valence-corrected chi connectivity index (χ2v) is 9.72. The molecular weight excluding hydrogens is 558 g/mol. The Labute approximate surface area is 228 Å². The average Bonchev–Trinajstić information content (AvgIpc) is 3.16. The molecule has 1 saturated heterocycles. The van der Waals surface area contributed by atoms with Gasteiger partial charge in [-0.25, -0.2) is 0 Å². The summed E-state index contributed by atoms with van der Waals surface area (Å²) in [6.45, 7) is 2.99. The van der Waals surface area contributed by atoms with E-state index in [0.29, 0.717) is 51.2 Å². The number of ether oxygens (including phenoxy) is 4. The van der Waals surface area contributed by atoms with E-state index in [1.54, 1.807) is 31.4 Å². The molecule has 0 bridgehead atoms. The third-order valence-electron chi connectivity index (χ3n) is 5.37. The van der Waals surface area contributed by atoms with E-state index in [2.05, 4.69) is 15.9 Å². The minimum atomic E-state index is -0.364. The lowest BCUT2D eigenvalue weighted by molar-refractivity contribution is -0.123. The van der Waals surface area contributed by atoms with Crippen LogP contribution in [-0.2, 0) is 11.4 Å². The molecule has 37 heavy (non-hydrogen) atoms. The van der Waals surface area contributed by atoms with Crippen molar-refractivity contribution in [3.63, 3.8) is 0 Å². The highest BCUT2D eigenvalue weighted by molar-refractivity contribution is 9.10. The van der Waals surface area contributed by atoms with Gasteiger partial charge in [0.2, 0.25) is 0 Å². The molecule has 192 valence electrons. The van der Waals surface area contributed by atoms with Gasteiger partial charge in [0, 0.05) is 0 Å². The largest absolute Gasteiger partial charge is 0.493 e. The van der Waals surface area contributed by atoms with Crippen LogP contribution >= 0.6 is 27.7 Å². The number of benzene rings is 3. The number of methoxy groups -OCH3 is 1. The van der Waals surface area contributed by atoms with Crippen LogP contribution in [0.1, 0.15) is 18.1 Å². The van der Waals surface area contributed by atoms with Crippen LogP contribution in [0.2, 0.25) is 0 Å². The van der Waals surface area contributed by atoms with E-state index in [1.807, 2.05) is 55.5 Å². The van der Waals surface area contributed by atoms with Crippen LogP contribution in [0, 0.1) is 0 Å². The van der Waals surface area contributed by atoms with Gasteiger partial charge in [0.05, 0.1) is 29.6 Å². The number of para-hydroxylation sites is 2. The zero-order valence-electron chi connectivity index (χ0n) is 20.4. The molecule has 1 heterocycles. The summed E-state index contributed by atoms with van der Waals surface area (Å²) < 4.78 is 23.5. The molecule has 1 aliphatic rings. The van der Waals surface area contributed by atoms with Crippen molar-refractivity contribution in [3.8, 4) is 23.0 Å². The van der Waals surface area contributed by atoms with Gasteiger partial charge in [-0.05, 0) is 76.1 Å². The molecule has 9 heteroatoms. The van der Waals surface area contributed by atoms with Gasteiger partial charge in [-0.15, -0.1) is 0 Å². The van der Waals surface area contributed by atoms with Crippen molar-refractivity contribution in [1.82, 2.24) is 4.90 Å². The molecule has 7 nitrogen and oxygen atoms in total. The zero-order chi connectivity index (χ0) is 26.2. The molecule has 4 rings (SSSR count). The number of carbonyl (C=O) groups excluding carboxylic acids is 2. The molecule has 2 amide bonds. The van der Waals surface area contributed by atoms with Crippen molar-refractivity contribution >= 4 is 44.9 Å². The molecule has 1 fully saturated rings. The molecule has 3 aromatic carbocycles. The number of hydrogen-bond acceptors (Lipinski definition) is 7. The van der Waals surface area contributed by atoms with Crippen molar-refractivity contribution in [1.29, 1.82) is 0 Å². The minimum absolute atomic E-state index is 0.125. The summed E-state index contributed by atoms with van der Waals surface area (Å²) in [7, 11) is 1.56. The highest BCUT2D eigenvalue weighted by atomic mass is 79.9. The Morgan fingerprint density at radius 1 is 0.919 bits per heavy atom. The normalized spacial score (nSPS) is 14.2. The first-order valence-corrected chi connectivity index (χ1v) is 13.2. The smallest absolute Gasteiger partial charge is 0.293 e. The number of rotatable bonds is 11. The van der Waals surface area contributed by atoms with Crippen molar-refractivity contribution in [2.45, 2.75) is 13.5 Å². The predicted molar refractivity (Wildman–Crippen MR) is 147 cm³/mol. The molecule has 1 aliphatic heterocycles. The SMILES string of the molecule is CCOc1cc(/C=C2\SC(=O)N(CCOc3ccccc3OC)C2=O)cc(Br)c1OCc1ccccc1. The topological polar surface area (TPSA) is 74.3 Å². The predicted octanol–water partition coefficient (Wildman–Crippen LogP) is 6.55. The van der Waals surface area contributed by atoms with Gasteiger partial charge in [-0.2, -0.15) is 0 Å². The number of carbonyl (C=O) groups is 2. The third kappa shape index (κ3) is 6.67. The van der Waals surface area contributed by atoms with E-state index in [-0.39, 0.29) is 24.3 Å². The molecule has 0 saturated carbocycles. The molecule has 0 aliphatic carbocycles. The molecule has 0 unspecified atom stereocenters. The van der Waals surface area contributed by atoms with E-state index in [9.17, 15) is 9.59 Å². The first-order chi connectivity index (χ1) is 18.0. The van der Waals surface area contributed by atoms with Gasteiger partial charge in [-0.3, -0.25) is 14.5 Å². The number of imide groups is 1. The fraction of sp³-hybridized carbons (Fsp3) is 0.214. The van der Waals surface area contributed by atoms with E-state index in [0.717, 1.165) is 17.3 Å². The highest BCUT2D eigenvalue weighted by Gasteiger charge is 2.35. The van der Waals surface area contributed by atoms with Gasteiger partial charge in [0.25, 0.3) is 11.1 Å². The Kier molecular flexibility index (Phi) is 9.14. The van der Waals surface area contributed by atoms with Crippen LogP contribution in [0.4, 0.5) is 4.79 Å². The number of hydrogen-bond donors (Lipinski definition) is 0. The Morgan fingerprint density at radius 3 is 2.38 bits per heavy atom. The van der Waals surface area contributed by atoms with Crippen LogP contribution in [0.15, 0.2) is 76.1 Å². The van der Waals surface area contributed by atoms with Crippen molar-refractivity contribution in [2.24, 2.45) is 0 Å². The summed E-state index contributed by atoms with van der Waals surface area (Å²) in [5.74, 6) is 1.89. The molecular formula is C28H26BrNO6S. The summed E-state index contributed by atoms with van der Waals surface area (Å²) in [6.07, 6.45) is 1.68. The second kappa shape index (κ2) is 12.7. The quantitative estimate of drug-likeness (QED) is 0.237. The van der Waals surface area contributed by atoms with Crippen molar-refractivity contribution in [2.75, 3.05) is 26.9 Å². The fourth-order valence-corrected chi connectivity index (χ4v) is 5.07. The van der Waals surface area contributed by atoms with E-state index < -0.39 is 0 Å². The number of halogens is 1. The van der Waals surface area contributed by atoms with Crippen LogP contribution in [0.3, 0.4) is 0 Å². The van der Waals surface area contributed by atoms with Crippen LogP contribution in [0.5, 0.6) is 23.0 Å². The molecule has 0 spiro atoms. The van der Waals surface area contributed by atoms with Crippen molar-refractivity contribution < 1.29 is 28.5 Å². The first-order valence-electron chi connectivity index (χ1n) is 11.6. The van der Waals surface area contributed by atoms with Crippen molar-refractivity contribution in [3.05, 3.63) is 87.2 Å². The molecule has 0 N–H and O–H groups in total. The summed E-state index contributed by atoms with van der Waals surface area (Å²) in [5.41, 5.74) is 1.74. The lowest BCUT2D eigenvalue weighted by Crippen LogP contribution is -2.32. The van der Waals surface area contributed by atoms with Gasteiger partial charge < -0.3 is 18.9 Å². The number of amides is 2. The number of thioether (sulfide) groups is 1. The van der Waals surface area contributed by atoms with Gasteiger partial charge in [-0.1, -0.05) is 42.5 Å². The Morgan fingerprint density at radius 2 is 1.65 bits per heavy atom. The third-order valence-corrected chi connectivity index (χ3v) is 6.87. The Bertz CT molecular complexity index is 1300. The maximum absolute atomic E-state index is 13.0. The average molecular weight is 584 g/mol. The Balaban J connectivity index is 1.46. The van der Waals surface area contributed by atoms with E-state index in [4.69, 9.17) is 18.9 Å². The van der Waals surface area contributed by atoms with Crippen LogP contribution < -0.4 is 18.9 Å². The molecule has 3 aromatic rings. The monoisotopic (exact) mass is 583 g/mol. The van der Waals surface area contributed by atoms with Crippen LogP contribution in [-0.4, -0.2) is 42.9 Å². The summed E-state index contributed by atoms with van der Waals surface area (Å²) in [4.78, 5) is 27.0. The molecule has 0 atom stereocenters. The van der Waals surface area contributed by atoms with E-state index >= 15 is 0 Å². The summed E-state index contributed by atoms with van der Waals surface area (Å²) in [6, 6.07) is 20.7. The summed E-state index contributed by atoms with van der Waals surface area (Å²) >= 11 is 4.47. The fourth-order valence-electron chi connectivity index (χ4n) is 3.63. The summed E-state index contributed by atoms with van der Waals surface area (Å²) in [5, 5.41) is -0.341. The van der Waals surface area contributed by atoms with Gasteiger partial charge in [0.1, 0.15) is 13.2 Å². The van der Waals surface area contributed by atoms with Crippen LogP contribution in [0.25, 0.3) is 6.08 Å². The minimum Gasteiger partial charge on any atom is -0.493 e. The second-order valence-electron chi connectivity index (χ2n) is 7.87. The maximum atomic E-state index is 13.0. The zero-order valence-corrected chi connectivity index (χ0v) is 22.8. The standard InChI is InChI=1S/C28H26BrNO6S/c1-3-34-24-16-20(15-21(29)26(24)36-18-19-9-5-4-6-10-19)17-25-27(31)30(28(32)37-25)13-14-35-23-12-8-7-11-22(23)33-2/h4-12,15-17H,3,13-14,18H2,1-2H3/b25-17-.